The zero-order valence-electron chi connectivity index (χ0n) is 10.3. The Morgan fingerprint density at radius 1 is 1.28 bits per heavy atom. The molecule has 1 rings (SSSR count). The molecule has 0 aromatic carbocycles. The van der Waals surface area contributed by atoms with Gasteiger partial charge < -0.3 is 9.47 Å². The second kappa shape index (κ2) is 7.56. The first-order valence-electron chi connectivity index (χ1n) is 5.57. The normalized spacial score (nSPS) is 10.7. The third-order valence-corrected chi connectivity index (χ3v) is 2.30. The zero-order valence-corrected chi connectivity index (χ0v) is 11.8. The number of halogens is 2. The Hall–Kier alpha value is -0.840. The number of ether oxygens (including phenoxy) is 2. The van der Waals surface area contributed by atoms with E-state index in [1.54, 1.807) is 0 Å². The molecule has 0 fully saturated rings. The maximum Gasteiger partial charge on any atom is 0.338 e. The fourth-order valence-corrected chi connectivity index (χ4v) is 1.64. The molecule has 0 aliphatic carbocycles. The fraction of sp³-hybridized carbons (Fsp3) is 0.500. The van der Waals surface area contributed by atoms with E-state index in [2.05, 4.69) is 4.98 Å². The molecule has 0 amide bonds. The van der Waals surface area contributed by atoms with Crippen molar-refractivity contribution < 1.29 is 14.3 Å². The molecule has 0 saturated carbocycles. The van der Waals surface area contributed by atoms with E-state index in [1.807, 2.05) is 13.8 Å². The highest BCUT2D eigenvalue weighted by molar-refractivity contribution is 6.32. The third-order valence-electron chi connectivity index (χ3n) is 1.91. The van der Waals surface area contributed by atoms with Crippen LogP contribution in [0, 0.1) is 5.92 Å². The third kappa shape index (κ3) is 5.67. The topological polar surface area (TPSA) is 48.4 Å². The molecule has 0 N–H and O–H groups in total. The number of nitrogens with zero attached hydrogens (tertiary/aromatic N) is 1. The highest BCUT2D eigenvalue weighted by Crippen LogP contribution is 2.15. The molecule has 1 aromatic heterocycles. The molecule has 0 aliphatic heterocycles. The van der Waals surface area contributed by atoms with Gasteiger partial charge >= 0.3 is 5.97 Å². The minimum Gasteiger partial charge on any atom is -0.460 e. The first-order chi connectivity index (χ1) is 8.49. The Morgan fingerprint density at radius 2 is 1.89 bits per heavy atom. The summed E-state index contributed by atoms with van der Waals surface area (Å²) in [6.07, 6.45) is 0. The maximum absolute atomic E-state index is 11.6. The lowest BCUT2D eigenvalue weighted by Gasteiger charge is -2.08. The smallest absolute Gasteiger partial charge is 0.338 e. The standard InChI is InChI=1S/C12H15Cl2NO3/c1-8(2)7-17-3-4-18-12(16)9-5-10(13)15-11(14)6-9/h5-6,8H,3-4,7H2,1-2H3. The van der Waals surface area contributed by atoms with Gasteiger partial charge in [0, 0.05) is 6.61 Å². The highest BCUT2D eigenvalue weighted by Gasteiger charge is 2.10. The molecule has 1 heterocycles. The van der Waals surface area contributed by atoms with Crippen LogP contribution in [-0.2, 0) is 9.47 Å². The Bertz CT molecular complexity index is 390. The first kappa shape index (κ1) is 15.2. The van der Waals surface area contributed by atoms with Gasteiger partial charge in [-0.05, 0) is 18.1 Å². The molecular weight excluding hydrogens is 277 g/mol. The maximum atomic E-state index is 11.6. The van der Waals surface area contributed by atoms with Crippen molar-refractivity contribution in [2.24, 2.45) is 5.92 Å². The van der Waals surface area contributed by atoms with Crippen LogP contribution in [-0.4, -0.2) is 30.8 Å². The van der Waals surface area contributed by atoms with E-state index in [-0.39, 0.29) is 22.5 Å². The monoisotopic (exact) mass is 291 g/mol. The molecule has 0 atom stereocenters. The van der Waals surface area contributed by atoms with Gasteiger partial charge in [0.15, 0.2) is 0 Å². The van der Waals surface area contributed by atoms with Gasteiger partial charge in [-0.15, -0.1) is 0 Å². The van der Waals surface area contributed by atoms with Crippen LogP contribution in [0.1, 0.15) is 24.2 Å². The molecule has 6 heteroatoms. The van der Waals surface area contributed by atoms with Crippen molar-refractivity contribution in [1.29, 1.82) is 0 Å². The largest absolute Gasteiger partial charge is 0.460 e. The van der Waals surface area contributed by atoms with Gasteiger partial charge in [0.25, 0.3) is 0 Å². The number of aromatic nitrogens is 1. The number of hydrogen-bond donors (Lipinski definition) is 0. The summed E-state index contributed by atoms with van der Waals surface area (Å²) in [7, 11) is 0. The molecule has 0 radical (unpaired) electrons. The fourth-order valence-electron chi connectivity index (χ4n) is 1.18. The van der Waals surface area contributed by atoms with Crippen LogP contribution >= 0.6 is 23.2 Å². The molecule has 18 heavy (non-hydrogen) atoms. The quantitative estimate of drug-likeness (QED) is 0.459. The van der Waals surface area contributed by atoms with E-state index in [1.165, 1.54) is 12.1 Å². The molecule has 4 nitrogen and oxygen atoms in total. The van der Waals surface area contributed by atoms with Crippen LogP contribution in [0.3, 0.4) is 0 Å². The van der Waals surface area contributed by atoms with Crippen LogP contribution in [0.4, 0.5) is 0 Å². The minimum absolute atomic E-state index is 0.158. The lowest BCUT2D eigenvalue weighted by molar-refractivity contribution is 0.0277. The second-order valence-electron chi connectivity index (χ2n) is 4.11. The number of hydrogen-bond acceptors (Lipinski definition) is 4. The van der Waals surface area contributed by atoms with E-state index in [9.17, 15) is 4.79 Å². The van der Waals surface area contributed by atoms with Gasteiger partial charge in [-0.3, -0.25) is 0 Å². The lowest BCUT2D eigenvalue weighted by Crippen LogP contribution is -2.13. The van der Waals surface area contributed by atoms with Crippen molar-refractivity contribution in [3.63, 3.8) is 0 Å². The summed E-state index contributed by atoms with van der Waals surface area (Å²) in [4.78, 5) is 15.4. The van der Waals surface area contributed by atoms with E-state index in [4.69, 9.17) is 32.7 Å². The Kier molecular flexibility index (Phi) is 6.39. The molecule has 1 aromatic rings. The van der Waals surface area contributed by atoms with E-state index < -0.39 is 5.97 Å². The van der Waals surface area contributed by atoms with Crippen LogP contribution in [0.25, 0.3) is 0 Å². The molecule has 0 unspecified atom stereocenters. The van der Waals surface area contributed by atoms with E-state index >= 15 is 0 Å². The van der Waals surface area contributed by atoms with Gasteiger partial charge in [-0.1, -0.05) is 37.0 Å². The van der Waals surface area contributed by atoms with Crippen molar-refractivity contribution >= 4 is 29.2 Å². The molecule has 0 saturated heterocycles. The van der Waals surface area contributed by atoms with Gasteiger partial charge in [0.1, 0.15) is 16.9 Å². The van der Waals surface area contributed by atoms with Gasteiger partial charge in [-0.25, -0.2) is 9.78 Å². The zero-order chi connectivity index (χ0) is 13.5. The van der Waals surface area contributed by atoms with Crippen molar-refractivity contribution in [2.45, 2.75) is 13.8 Å². The summed E-state index contributed by atoms with van der Waals surface area (Å²) in [6.45, 7) is 5.31. The molecule has 0 spiro atoms. The van der Waals surface area contributed by atoms with Gasteiger partial charge in [0.05, 0.1) is 12.2 Å². The number of carbonyl (C=O) groups excluding carboxylic acids is 1. The second-order valence-corrected chi connectivity index (χ2v) is 4.88. The number of esters is 1. The minimum atomic E-state index is -0.491. The van der Waals surface area contributed by atoms with Crippen LogP contribution in [0.5, 0.6) is 0 Å². The van der Waals surface area contributed by atoms with E-state index in [0.29, 0.717) is 19.1 Å². The Morgan fingerprint density at radius 3 is 2.44 bits per heavy atom. The summed E-state index contributed by atoms with van der Waals surface area (Å²) in [5.74, 6) is -0.0344. The van der Waals surface area contributed by atoms with Gasteiger partial charge in [-0.2, -0.15) is 0 Å². The van der Waals surface area contributed by atoms with Crippen molar-refractivity contribution in [1.82, 2.24) is 4.98 Å². The molecular formula is C12H15Cl2NO3. The summed E-state index contributed by atoms with van der Waals surface area (Å²) in [6, 6.07) is 2.81. The Labute approximate surface area is 116 Å². The average molecular weight is 292 g/mol. The summed E-state index contributed by atoms with van der Waals surface area (Å²) in [5, 5.41) is 0.316. The SMILES string of the molecule is CC(C)COCCOC(=O)c1cc(Cl)nc(Cl)c1. The molecule has 100 valence electrons. The predicted molar refractivity (Wildman–Crippen MR) is 70.2 cm³/mol. The molecule has 0 aliphatic rings. The first-order valence-corrected chi connectivity index (χ1v) is 6.32. The number of rotatable bonds is 6. The molecule has 0 bridgehead atoms. The average Bonchev–Trinajstić information content (AvgIpc) is 2.26. The van der Waals surface area contributed by atoms with E-state index in [0.717, 1.165) is 0 Å². The van der Waals surface area contributed by atoms with Crippen LogP contribution in [0.2, 0.25) is 10.3 Å². The van der Waals surface area contributed by atoms with Crippen LogP contribution < -0.4 is 0 Å². The van der Waals surface area contributed by atoms with Crippen molar-refractivity contribution in [3.8, 4) is 0 Å². The number of carbonyl (C=O) groups is 1. The summed E-state index contributed by atoms with van der Waals surface area (Å²) >= 11 is 11.4. The Balaban J connectivity index is 2.36. The van der Waals surface area contributed by atoms with Gasteiger partial charge in [0.2, 0.25) is 0 Å². The van der Waals surface area contributed by atoms with Crippen molar-refractivity contribution in [3.05, 3.63) is 28.0 Å². The number of pyridine rings is 1. The predicted octanol–water partition coefficient (Wildman–Crippen LogP) is 3.22. The lowest BCUT2D eigenvalue weighted by atomic mass is 10.2. The highest BCUT2D eigenvalue weighted by atomic mass is 35.5. The van der Waals surface area contributed by atoms with Crippen LogP contribution in [0.15, 0.2) is 12.1 Å². The van der Waals surface area contributed by atoms with Crippen molar-refractivity contribution in [2.75, 3.05) is 19.8 Å². The summed E-state index contributed by atoms with van der Waals surface area (Å²) in [5.41, 5.74) is 0.281. The summed E-state index contributed by atoms with van der Waals surface area (Å²) < 4.78 is 10.3.